The average molecular weight is 390 g/mol. The maximum Gasteiger partial charge on any atom is 0.118 e. The smallest absolute Gasteiger partial charge is 0.118 e. The molecule has 1 aromatic heterocycles. The standard InChI is InChI=1S/C14H14Br2OS/c1-17-11-5-2-10(3-6-11)4-7-12(15)14-13(16)8-9-18-14/h2-3,5-6,8-9,12H,4,7H2,1H3. The SMILES string of the molecule is COc1ccc(CCC(Br)c2sccc2Br)cc1. The lowest BCUT2D eigenvalue weighted by atomic mass is 10.1. The van der Waals surface area contributed by atoms with Crippen LogP contribution in [0.5, 0.6) is 5.75 Å². The summed E-state index contributed by atoms with van der Waals surface area (Å²) in [6, 6.07) is 10.4. The molecule has 0 bridgehead atoms. The quantitative estimate of drug-likeness (QED) is 0.605. The van der Waals surface area contributed by atoms with Crippen LogP contribution >= 0.6 is 43.2 Å². The van der Waals surface area contributed by atoms with Crippen molar-refractivity contribution in [2.24, 2.45) is 0 Å². The second-order valence-electron chi connectivity index (χ2n) is 3.99. The Morgan fingerprint density at radius 2 is 1.94 bits per heavy atom. The van der Waals surface area contributed by atoms with Crippen LogP contribution in [0.3, 0.4) is 0 Å². The minimum atomic E-state index is 0.411. The first-order valence-electron chi connectivity index (χ1n) is 5.70. The van der Waals surface area contributed by atoms with E-state index in [1.54, 1.807) is 18.4 Å². The van der Waals surface area contributed by atoms with Gasteiger partial charge in [0.1, 0.15) is 5.75 Å². The largest absolute Gasteiger partial charge is 0.497 e. The number of ether oxygens (including phenoxy) is 1. The summed E-state index contributed by atoms with van der Waals surface area (Å²) in [5, 5.41) is 2.11. The number of hydrogen-bond acceptors (Lipinski definition) is 2. The summed E-state index contributed by atoms with van der Waals surface area (Å²) in [7, 11) is 1.69. The summed E-state index contributed by atoms with van der Waals surface area (Å²) in [5.74, 6) is 0.912. The van der Waals surface area contributed by atoms with Crippen LogP contribution in [-0.4, -0.2) is 7.11 Å². The Bertz CT molecular complexity index is 493. The van der Waals surface area contributed by atoms with E-state index in [0.29, 0.717) is 4.83 Å². The van der Waals surface area contributed by atoms with Gasteiger partial charge in [-0.25, -0.2) is 0 Å². The van der Waals surface area contributed by atoms with Crippen molar-refractivity contribution >= 4 is 43.2 Å². The number of halogens is 2. The Balaban J connectivity index is 1.93. The van der Waals surface area contributed by atoms with Crippen LogP contribution in [0.4, 0.5) is 0 Å². The molecule has 2 aromatic rings. The van der Waals surface area contributed by atoms with Gasteiger partial charge in [0.05, 0.1) is 11.9 Å². The molecule has 1 aromatic carbocycles. The Hall–Kier alpha value is -0.320. The van der Waals surface area contributed by atoms with Gasteiger partial charge in [-0.2, -0.15) is 0 Å². The van der Waals surface area contributed by atoms with Crippen molar-refractivity contribution in [3.63, 3.8) is 0 Å². The van der Waals surface area contributed by atoms with Crippen molar-refractivity contribution < 1.29 is 4.74 Å². The summed E-state index contributed by atoms with van der Waals surface area (Å²) in [6.45, 7) is 0. The maximum atomic E-state index is 5.16. The number of aryl methyl sites for hydroxylation is 1. The van der Waals surface area contributed by atoms with E-state index in [-0.39, 0.29) is 0 Å². The molecule has 0 aliphatic rings. The van der Waals surface area contributed by atoms with Crippen LogP contribution in [0.25, 0.3) is 0 Å². The molecule has 0 aliphatic carbocycles. The van der Waals surface area contributed by atoms with Gasteiger partial charge in [0.2, 0.25) is 0 Å². The molecule has 96 valence electrons. The molecule has 0 saturated carbocycles. The van der Waals surface area contributed by atoms with Gasteiger partial charge in [0, 0.05) is 9.35 Å². The van der Waals surface area contributed by atoms with E-state index < -0.39 is 0 Å². The molecule has 2 rings (SSSR count). The zero-order chi connectivity index (χ0) is 13.0. The fraction of sp³-hybridized carbons (Fsp3) is 0.286. The summed E-state index contributed by atoms with van der Waals surface area (Å²) in [4.78, 5) is 1.78. The highest BCUT2D eigenvalue weighted by atomic mass is 79.9. The first-order valence-corrected chi connectivity index (χ1v) is 8.29. The predicted molar refractivity (Wildman–Crippen MR) is 85.0 cm³/mol. The number of thiophene rings is 1. The monoisotopic (exact) mass is 388 g/mol. The van der Waals surface area contributed by atoms with E-state index in [1.807, 2.05) is 12.1 Å². The van der Waals surface area contributed by atoms with E-state index in [2.05, 4.69) is 55.4 Å². The van der Waals surface area contributed by atoms with Crippen LogP contribution in [0.1, 0.15) is 21.7 Å². The number of alkyl halides is 1. The van der Waals surface area contributed by atoms with Crippen molar-refractivity contribution in [3.05, 3.63) is 50.6 Å². The van der Waals surface area contributed by atoms with Crippen molar-refractivity contribution in [2.45, 2.75) is 17.7 Å². The predicted octanol–water partition coefficient (Wildman–Crippen LogP) is 5.59. The molecule has 0 N–H and O–H groups in total. The van der Waals surface area contributed by atoms with Crippen molar-refractivity contribution in [2.75, 3.05) is 7.11 Å². The van der Waals surface area contributed by atoms with Crippen LogP contribution in [0.2, 0.25) is 0 Å². The lowest BCUT2D eigenvalue weighted by Gasteiger charge is -2.09. The zero-order valence-corrected chi connectivity index (χ0v) is 14.0. The molecule has 0 amide bonds. The van der Waals surface area contributed by atoms with Crippen LogP contribution in [0, 0.1) is 0 Å². The van der Waals surface area contributed by atoms with Gasteiger partial charge in [0.25, 0.3) is 0 Å². The Morgan fingerprint density at radius 3 is 2.50 bits per heavy atom. The fourth-order valence-corrected chi connectivity index (χ4v) is 4.51. The van der Waals surface area contributed by atoms with E-state index in [4.69, 9.17) is 4.74 Å². The van der Waals surface area contributed by atoms with Crippen molar-refractivity contribution in [1.29, 1.82) is 0 Å². The average Bonchev–Trinajstić information content (AvgIpc) is 2.83. The lowest BCUT2D eigenvalue weighted by molar-refractivity contribution is 0.414. The van der Waals surface area contributed by atoms with E-state index >= 15 is 0 Å². The maximum absolute atomic E-state index is 5.16. The number of benzene rings is 1. The summed E-state index contributed by atoms with van der Waals surface area (Å²) >= 11 is 9.12. The van der Waals surface area contributed by atoms with Gasteiger partial charge in [-0.15, -0.1) is 11.3 Å². The first-order chi connectivity index (χ1) is 8.70. The highest BCUT2D eigenvalue weighted by molar-refractivity contribution is 9.11. The normalized spacial score (nSPS) is 12.4. The van der Waals surface area contributed by atoms with Crippen LogP contribution in [-0.2, 0) is 6.42 Å². The number of hydrogen-bond donors (Lipinski definition) is 0. The zero-order valence-electron chi connectivity index (χ0n) is 10.0. The van der Waals surface area contributed by atoms with Gasteiger partial charge in [-0.3, -0.25) is 0 Å². The highest BCUT2D eigenvalue weighted by Gasteiger charge is 2.12. The molecule has 0 spiro atoms. The Kier molecular flexibility index (Phi) is 5.27. The third-order valence-electron chi connectivity index (χ3n) is 2.77. The van der Waals surface area contributed by atoms with E-state index in [0.717, 1.165) is 18.6 Å². The molecular weight excluding hydrogens is 376 g/mol. The minimum absolute atomic E-state index is 0.411. The highest BCUT2D eigenvalue weighted by Crippen LogP contribution is 2.37. The van der Waals surface area contributed by atoms with Gasteiger partial charge >= 0.3 is 0 Å². The molecule has 0 fully saturated rings. The second-order valence-corrected chi connectivity index (χ2v) is 6.89. The molecule has 1 heterocycles. The molecule has 4 heteroatoms. The molecular formula is C14H14Br2OS. The van der Waals surface area contributed by atoms with Gasteiger partial charge in [0.15, 0.2) is 0 Å². The third-order valence-corrected chi connectivity index (χ3v) is 5.98. The first kappa shape index (κ1) is 14.1. The summed E-state index contributed by atoms with van der Waals surface area (Å²) in [6.07, 6.45) is 2.15. The molecule has 0 radical (unpaired) electrons. The molecule has 0 saturated heterocycles. The van der Waals surface area contributed by atoms with Crippen molar-refractivity contribution in [3.8, 4) is 5.75 Å². The fourth-order valence-electron chi connectivity index (χ4n) is 1.75. The third kappa shape index (κ3) is 3.59. The molecule has 1 atom stereocenters. The number of rotatable bonds is 5. The summed E-state index contributed by atoms with van der Waals surface area (Å²) < 4.78 is 6.35. The Morgan fingerprint density at radius 1 is 1.22 bits per heavy atom. The van der Waals surface area contributed by atoms with E-state index in [9.17, 15) is 0 Å². The summed E-state index contributed by atoms with van der Waals surface area (Å²) in [5.41, 5.74) is 1.34. The second kappa shape index (κ2) is 6.73. The van der Waals surface area contributed by atoms with Gasteiger partial charge in [-0.05, 0) is 57.9 Å². The molecule has 1 unspecified atom stereocenters. The lowest BCUT2D eigenvalue weighted by Crippen LogP contribution is -1.92. The molecule has 18 heavy (non-hydrogen) atoms. The topological polar surface area (TPSA) is 9.23 Å². The molecule has 1 nitrogen and oxygen atoms in total. The van der Waals surface area contributed by atoms with Crippen molar-refractivity contribution in [1.82, 2.24) is 0 Å². The minimum Gasteiger partial charge on any atom is -0.497 e. The number of methoxy groups -OCH3 is 1. The van der Waals surface area contributed by atoms with E-state index in [1.165, 1.54) is 14.9 Å². The van der Waals surface area contributed by atoms with Gasteiger partial charge in [-0.1, -0.05) is 28.1 Å². The molecule has 0 aliphatic heterocycles. The van der Waals surface area contributed by atoms with Crippen LogP contribution in [0.15, 0.2) is 40.2 Å². The van der Waals surface area contributed by atoms with Crippen LogP contribution < -0.4 is 4.74 Å². The Labute approximate surface area is 128 Å². The van der Waals surface area contributed by atoms with Gasteiger partial charge < -0.3 is 4.74 Å².